The van der Waals surface area contributed by atoms with Gasteiger partial charge >= 0.3 is 0 Å². The lowest BCUT2D eigenvalue weighted by molar-refractivity contribution is -0.188. The zero-order valence-corrected chi connectivity index (χ0v) is 19.2. The number of likely N-dealkylation sites (tertiary alicyclic amines) is 1. The van der Waals surface area contributed by atoms with Gasteiger partial charge in [-0.3, -0.25) is 9.89 Å². The number of nitrogens with zero attached hydrogens (tertiary/aromatic N) is 2. The second-order valence-corrected chi connectivity index (χ2v) is 9.90. The van der Waals surface area contributed by atoms with Gasteiger partial charge in [0, 0.05) is 49.2 Å². The van der Waals surface area contributed by atoms with Gasteiger partial charge in [-0.05, 0) is 57.2 Å². The molecule has 7 heteroatoms. The molecular formula is C25H33N3O4. The van der Waals surface area contributed by atoms with E-state index < -0.39 is 0 Å². The van der Waals surface area contributed by atoms with Gasteiger partial charge in [0.2, 0.25) is 5.91 Å². The van der Waals surface area contributed by atoms with E-state index in [1.807, 2.05) is 24.5 Å². The van der Waals surface area contributed by atoms with Gasteiger partial charge < -0.3 is 19.1 Å². The van der Waals surface area contributed by atoms with Crippen LogP contribution in [-0.2, 0) is 16.0 Å². The van der Waals surface area contributed by atoms with Gasteiger partial charge in [0.15, 0.2) is 0 Å². The summed E-state index contributed by atoms with van der Waals surface area (Å²) in [6.45, 7) is 5.86. The Labute approximate surface area is 189 Å². The number of carbonyl (C=O) groups excluding carboxylic acids is 1. The zero-order valence-electron chi connectivity index (χ0n) is 19.2. The fourth-order valence-corrected chi connectivity index (χ4v) is 5.65. The number of piperidine rings is 1. The molecule has 2 aromatic rings. The minimum Gasteiger partial charge on any atom is -0.497 e. The van der Waals surface area contributed by atoms with Gasteiger partial charge in [-0.25, -0.2) is 0 Å². The maximum absolute atomic E-state index is 12.9. The third-order valence-electron chi connectivity index (χ3n) is 7.46. The number of H-pyrrole nitrogens is 1. The molecule has 5 rings (SSSR count). The summed E-state index contributed by atoms with van der Waals surface area (Å²) in [6, 6.07) is 6.03. The fourth-order valence-electron chi connectivity index (χ4n) is 5.65. The van der Waals surface area contributed by atoms with Crippen LogP contribution >= 0.6 is 0 Å². The minimum absolute atomic E-state index is 0.0260. The smallest absolute Gasteiger partial charge is 0.222 e. The lowest BCUT2D eigenvalue weighted by Crippen LogP contribution is -2.55. The van der Waals surface area contributed by atoms with Crippen LogP contribution in [0.3, 0.4) is 0 Å². The lowest BCUT2D eigenvalue weighted by Gasteiger charge is -2.53. The van der Waals surface area contributed by atoms with Crippen LogP contribution in [0, 0.1) is 11.8 Å². The molecule has 1 aromatic carbocycles. The van der Waals surface area contributed by atoms with Crippen molar-refractivity contribution in [3.63, 3.8) is 0 Å². The number of aromatic amines is 1. The average molecular weight is 440 g/mol. The molecule has 2 fully saturated rings. The third kappa shape index (κ3) is 3.98. The molecule has 0 spiro atoms. The summed E-state index contributed by atoms with van der Waals surface area (Å²) in [7, 11) is 1.67. The first-order chi connectivity index (χ1) is 15.4. The molecule has 1 aromatic heterocycles. The number of carbonyl (C=O) groups is 1. The summed E-state index contributed by atoms with van der Waals surface area (Å²) in [5.74, 6) is 2.52. The number of ether oxygens (including phenoxy) is 3. The summed E-state index contributed by atoms with van der Waals surface area (Å²) in [5, 5.41) is 6.80. The zero-order chi connectivity index (χ0) is 22.3. The number of benzene rings is 1. The quantitative estimate of drug-likeness (QED) is 0.765. The van der Waals surface area contributed by atoms with E-state index in [0.717, 1.165) is 61.4 Å². The molecule has 32 heavy (non-hydrogen) atoms. The van der Waals surface area contributed by atoms with Crippen molar-refractivity contribution in [1.82, 2.24) is 15.1 Å². The van der Waals surface area contributed by atoms with Gasteiger partial charge in [0.1, 0.15) is 17.1 Å². The molecule has 3 aliphatic rings. The van der Waals surface area contributed by atoms with Crippen LogP contribution in [0.2, 0.25) is 0 Å². The molecular weight excluding hydrogens is 406 g/mol. The number of amides is 1. The van der Waals surface area contributed by atoms with Crippen LogP contribution < -0.4 is 9.47 Å². The summed E-state index contributed by atoms with van der Waals surface area (Å²) in [6.07, 6.45) is 8.16. The van der Waals surface area contributed by atoms with Crippen LogP contribution in [0.5, 0.6) is 11.5 Å². The predicted molar refractivity (Wildman–Crippen MR) is 120 cm³/mol. The van der Waals surface area contributed by atoms with Gasteiger partial charge in [-0.1, -0.05) is 0 Å². The number of methoxy groups -OCH3 is 1. The molecule has 0 saturated carbocycles. The Morgan fingerprint density at radius 1 is 1.38 bits per heavy atom. The van der Waals surface area contributed by atoms with E-state index in [0.29, 0.717) is 12.3 Å². The normalized spacial score (nSPS) is 28.2. The van der Waals surface area contributed by atoms with Gasteiger partial charge in [-0.15, -0.1) is 0 Å². The molecule has 7 nitrogen and oxygen atoms in total. The van der Waals surface area contributed by atoms with Crippen LogP contribution in [0.25, 0.3) is 0 Å². The fraction of sp³-hybridized carbons (Fsp3) is 0.600. The average Bonchev–Trinajstić information content (AvgIpc) is 3.30. The highest BCUT2D eigenvalue weighted by atomic mass is 16.5. The predicted octanol–water partition coefficient (Wildman–Crippen LogP) is 3.91. The number of fused-ring (bicyclic) bond motifs is 4. The highest BCUT2D eigenvalue weighted by Gasteiger charge is 2.51. The van der Waals surface area contributed by atoms with Crippen molar-refractivity contribution in [2.45, 2.75) is 63.8 Å². The molecule has 172 valence electrons. The lowest BCUT2D eigenvalue weighted by atomic mass is 9.70. The van der Waals surface area contributed by atoms with Crippen molar-refractivity contribution < 1.29 is 19.0 Å². The summed E-state index contributed by atoms with van der Waals surface area (Å²) in [5.41, 5.74) is 1.93. The van der Waals surface area contributed by atoms with Gasteiger partial charge in [0.05, 0.1) is 25.5 Å². The molecule has 0 aliphatic carbocycles. The van der Waals surface area contributed by atoms with Crippen molar-refractivity contribution >= 4 is 5.91 Å². The maximum atomic E-state index is 12.9. The van der Waals surface area contributed by atoms with E-state index in [1.54, 1.807) is 7.11 Å². The molecule has 1 N–H and O–H groups in total. The number of aryl methyl sites for hydroxylation is 1. The van der Waals surface area contributed by atoms with Gasteiger partial charge in [0.25, 0.3) is 0 Å². The molecule has 3 aliphatic heterocycles. The van der Waals surface area contributed by atoms with E-state index >= 15 is 0 Å². The van der Waals surface area contributed by atoms with E-state index in [-0.39, 0.29) is 29.6 Å². The van der Waals surface area contributed by atoms with E-state index in [1.165, 1.54) is 0 Å². The molecule has 0 unspecified atom stereocenters. The first kappa shape index (κ1) is 21.3. The van der Waals surface area contributed by atoms with E-state index in [2.05, 4.69) is 35.0 Å². The summed E-state index contributed by atoms with van der Waals surface area (Å²) < 4.78 is 18.5. The highest BCUT2D eigenvalue weighted by Crippen LogP contribution is 2.53. The Kier molecular flexibility index (Phi) is 5.61. The largest absolute Gasteiger partial charge is 0.497 e. The first-order valence-corrected chi connectivity index (χ1v) is 11.7. The summed E-state index contributed by atoms with van der Waals surface area (Å²) in [4.78, 5) is 14.9. The van der Waals surface area contributed by atoms with Crippen molar-refractivity contribution in [3.8, 4) is 11.5 Å². The number of rotatable bonds is 5. The van der Waals surface area contributed by atoms with Crippen LogP contribution in [0.4, 0.5) is 0 Å². The Morgan fingerprint density at radius 2 is 2.25 bits per heavy atom. The van der Waals surface area contributed by atoms with Crippen LogP contribution in [0.1, 0.15) is 56.8 Å². The Morgan fingerprint density at radius 3 is 3.03 bits per heavy atom. The standard InChI is InChI=1S/C25H33N3O4/c1-25(2)20-11-17-15-28(23(29)6-4-5-16-13-26-27-14-16)10-9-21(17)31-24(20)19-8-7-18(30-3)12-22(19)32-25/h7-8,12-14,17,20-21,24H,4-6,9-11,15H2,1-3H3,(H,26,27)/t17-,20+,21+,24-/m1/s1. The molecule has 2 saturated heterocycles. The number of aromatic nitrogens is 2. The molecule has 4 heterocycles. The SMILES string of the molecule is COc1ccc2c(c1)OC(C)(C)[C@H]1C[C@@H]3CN(C(=O)CCCc4cn[nH]c4)CC[C@@H]3O[C@H]21. The van der Waals surface area contributed by atoms with E-state index in [9.17, 15) is 4.79 Å². The first-order valence-electron chi connectivity index (χ1n) is 11.7. The topological polar surface area (TPSA) is 76.7 Å². The summed E-state index contributed by atoms with van der Waals surface area (Å²) >= 11 is 0. The van der Waals surface area contributed by atoms with Crippen LogP contribution in [0.15, 0.2) is 30.6 Å². The second-order valence-electron chi connectivity index (χ2n) is 9.90. The Hall–Kier alpha value is -2.54. The maximum Gasteiger partial charge on any atom is 0.222 e. The molecule has 4 atom stereocenters. The van der Waals surface area contributed by atoms with Crippen LogP contribution in [-0.4, -0.2) is 52.9 Å². The van der Waals surface area contributed by atoms with Crippen molar-refractivity contribution in [2.24, 2.45) is 11.8 Å². The van der Waals surface area contributed by atoms with Crippen molar-refractivity contribution in [1.29, 1.82) is 0 Å². The Balaban J connectivity index is 1.25. The molecule has 0 bridgehead atoms. The second kappa shape index (κ2) is 8.43. The number of hydrogen-bond donors (Lipinski definition) is 1. The van der Waals surface area contributed by atoms with Crippen molar-refractivity contribution in [3.05, 3.63) is 41.7 Å². The number of hydrogen-bond acceptors (Lipinski definition) is 5. The highest BCUT2D eigenvalue weighted by molar-refractivity contribution is 5.76. The molecule has 0 radical (unpaired) electrons. The Bertz CT molecular complexity index is 958. The van der Waals surface area contributed by atoms with Crippen molar-refractivity contribution in [2.75, 3.05) is 20.2 Å². The van der Waals surface area contributed by atoms with Gasteiger partial charge in [-0.2, -0.15) is 5.10 Å². The minimum atomic E-state index is -0.341. The molecule has 1 amide bonds. The third-order valence-corrected chi connectivity index (χ3v) is 7.46. The van der Waals surface area contributed by atoms with E-state index in [4.69, 9.17) is 14.2 Å². The monoisotopic (exact) mass is 439 g/mol. The number of nitrogens with one attached hydrogen (secondary N) is 1.